The van der Waals surface area contributed by atoms with Crippen molar-refractivity contribution in [3.8, 4) is 6.07 Å². The zero-order valence-electron chi connectivity index (χ0n) is 8.81. The third-order valence-electron chi connectivity index (χ3n) is 2.02. The molecule has 0 unspecified atom stereocenters. The Kier molecular flexibility index (Phi) is 5.02. The summed E-state index contributed by atoms with van der Waals surface area (Å²) in [6, 6.07) is 4.99. The zero-order chi connectivity index (χ0) is 11.8. The molecule has 0 atom stereocenters. The van der Waals surface area contributed by atoms with Gasteiger partial charge in [-0.1, -0.05) is 0 Å². The first-order valence-electron chi connectivity index (χ1n) is 5.05. The van der Waals surface area contributed by atoms with Gasteiger partial charge < -0.3 is 9.73 Å². The van der Waals surface area contributed by atoms with Crippen LogP contribution in [0.1, 0.15) is 25.0 Å². The van der Waals surface area contributed by atoms with E-state index >= 15 is 0 Å². The van der Waals surface area contributed by atoms with Crippen LogP contribution in [0.5, 0.6) is 0 Å². The molecule has 1 rings (SSSR count). The molecule has 0 fully saturated rings. The highest BCUT2D eigenvalue weighted by molar-refractivity contribution is 5.17. The van der Waals surface area contributed by atoms with Crippen molar-refractivity contribution in [3.63, 3.8) is 0 Å². The maximum absolute atomic E-state index is 10.3. The summed E-state index contributed by atoms with van der Waals surface area (Å²) < 4.78 is 4.96. The summed E-state index contributed by atoms with van der Waals surface area (Å²) in [7, 11) is 0. The van der Waals surface area contributed by atoms with Crippen molar-refractivity contribution < 1.29 is 9.34 Å². The Morgan fingerprint density at radius 3 is 2.94 bits per heavy atom. The van der Waals surface area contributed by atoms with Crippen molar-refractivity contribution in [1.29, 1.82) is 5.26 Å². The monoisotopic (exact) mass is 223 g/mol. The molecule has 0 radical (unpaired) electrons. The average Bonchev–Trinajstić information content (AvgIpc) is 2.72. The number of furan rings is 1. The van der Waals surface area contributed by atoms with E-state index in [9.17, 15) is 10.1 Å². The van der Waals surface area contributed by atoms with Gasteiger partial charge in [0.05, 0.1) is 18.7 Å². The quantitative estimate of drug-likeness (QED) is 0.433. The number of hydrogen-bond donors (Lipinski definition) is 1. The van der Waals surface area contributed by atoms with Gasteiger partial charge in [0.15, 0.2) is 0 Å². The van der Waals surface area contributed by atoms with E-state index in [1.807, 2.05) is 0 Å². The predicted molar refractivity (Wildman–Crippen MR) is 56.5 cm³/mol. The summed E-state index contributed by atoms with van der Waals surface area (Å²) in [5.74, 6) is 0.313. The Morgan fingerprint density at radius 2 is 2.31 bits per heavy atom. The van der Waals surface area contributed by atoms with Crippen LogP contribution in [0.2, 0.25) is 0 Å². The molecule has 1 heterocycles. The summed E-state index contributed by atoms with van der Waals surface area (Å²) in [5, 5.41) is 21.7. The number of rotatable bonds is 7. The first kappa shape index (κ1) is 12.2. The molecule has 6 nitrogen and oxygen atoms in total. The molecule has 0 bridgehead atoms. The molecule has 86 valence electrons. The zero-order valence-corrected chi connectivity index (χ0v) is 8.81. The van der Waals surface area contributed by atoms with E-state index in [1.54, 1.807) is 6.07 Å². The number of hydrogen-bond acceptors (Lipinski definition) is 5. The smallest absolute Gasteiger partial charge is 0.404 e. The standard InChI is InChI=1S/C10H13N3O3/c11-6-2-1-3-7-12-8-9-4-5-10(16-9)13(14)15/h4-5,12H,1-3,7-8H2. The van der Waals surface area contributed by atoms with Crippen molar-refractivity contribution >= 4 is 5.88 Å². The lowest BCUT2D eigenvalue weighted by Crippen LogP contribution is -2.13. The van der Waals surface area contributed by atoms with Gasteiger partial charge >= 0.3 is 5.88 Å². The molecule has 0 saturated heterocycles. The molecule has 16 heavy (non-hydrogen) atoms. The number of nitrogens with zero attached hydrogens (tertiary/aromatic N) is 2. The van der Waals surface area contributed by atoms with E-state index in [-0.39, 0.29) is 5.88 Å². The highest BCUT2D eigenvalue weighted by Gasteiger charge is 2.10. The lowest BCUT2D eigenvalue weighted by Gasteiger charge is -2.00. The Hall–Kier alpha value is -1.87. The van der Waals surface area contributed by atoms with Crippen molar-refractivity contribution in [3.05, 3.63) is 28.0 Å². The van der Waals surface area contributed by atoms with Gasteiger partial charge in [-0.2, -0.15) is 5.26 Å². The fourth-order valence-electron chi connectivity index (χ4n) is 1.23. The highest BCUT2D eigenvalue weighted by atomic mass is 16.6. The predicted octanol–water partition coefficient (Wildman–Crippen LogP) is 1.97. The Balaban J connectivity index is 2.17. The van der Waals surface area contributed by atoms with Crippen molar-refractivity contribution in [2.75, 3.05) is 6.54 Å². The van der Waals surface area contributed by atoms with E-state index in [4.69, 9.17) is 9.68 Å². The summed E-state index contributed by atoms with van der Waals surface area (Å²) in [4.78, 5) is 9.76. The largest absolute Gasteiger partial charge is 0.433 e. The molecule has 0 amide bonds. The van der Waals surface area contributed by atoms with Gasteiger partial charge in [-0.15, -0.1) is 0 Å². The molecule has 0 aliphatic rings. The first-order chi connectivity index (χ1) is 7.74. The van der Waals surface area contributed by atoms with Crippen molar-refractivity contribution in [2.24, 2.45) is 0 Å². The lowest BCUT2D eigenvalue weighted by molar-refractivity contribution is -0.402. The SMILES string of the molecule is N#CCCCCNCc1ccc([N+](=O)[O-])o1. The summed E-state index contributed by atoms with van der Waals surface area (Å²) in [6.45, 7) is 1.25. The second-order valence-electron chi connectivity index (χ2n) is 3.29. The third kappa shape index (κ3) is 4.11. The maximum atomic E-state index is 10.3. The molecule has 0 saturated carbocycles. The average molecular weight is 223 g/mol. The molecule has 0 spiro atoms. The van der Waals surface area contributed by atoms with Gasteiger partial charge in [-0.3, -0.25) is 10.1 Å². The molecule has 0 aromatic carbocycles. The molecular weight excluding hydrogens is 210 g/mol. The fourth-order valence-corrected chi connectivity index (χ4v) is 1.23. The van der Waals surface area contributed by atoms with E-state index in [2.05, 4.69) is 11.4 Å². The number of nitro groups is 1. The Morgan fingerprint density at radius 1 is 1.50 bits per heavy atom. The van der Waals surface area contributed by atoms with Crippen molar-refractivity contribution in [2.45, 2.75) is 25.8 Å². The highest BCUT2D eigenvalue weighted by Crippen LogP contribution is 2.15. The van der Waals surface area contributed by atoms with Gasteiger partial charge in [-0.05, 0) is 25.5 Å². The molecule has 6 heteroatoms. The van der Waals surface area contributed by atoms with Crippen LogP contribution < -0.4 is 5.32 Å². The normalized spacial score (nSPS) is 9.94. The van der Waals surface area contributed by atoms with E-state index in [1.165, 1.54) is 6.07 Å². The molecule has 0 aliphatic carbocycles. The minimum atomic E-state index is -0.559. The summed E-state index contributed by atoms with van der Waals surface area (Å²) >= 11 is 0. The van der Waals surface area contributed by atoms with Crippen LogP contribution in [0.15, 0.2) is 16.5 Å². The summed E-state index contributed by atoms with van der Waals surface area (Å²) in [5.41, 5.74) is 0. The van der Waals surface area contributed by atoms with Crippen molar-refractivity contribution in [1.82, 2.24) is 5.32 Å². The van der Waals surface area contributed by atoms with Crippen LogP contribution in [-0.2, 0) is 6.54 Å². The van der Waals surface area contributed by atoms with Gasteiger partial charge in [0.25, 0.3) is 0 Å². The van der Waals surface area contributed by atoms with Crippen LogP contribution in [0, 0.1) is 21.4 Å². The Labute approximate surface area is 93.0 Å². The summed E-state index contributed by atoms with van der Waals surface area (Å²) in [6.07, 6.45) is 2.34. The Bertz CT molecular complexity index is 381. The number of nitriles is 1. The second kappa shape index (κ2) is 6.58. The van der Waals surface area contributed by atoms with Gasteiger partial charge in [0.1, 0.15) is 10.7 Å². The fraction of sp³-hybridized carbons (Fsp3) is 0.500. The topological polar surface area (TPSA) is 92.1 Å². The number of unbranched alkanes of at least 4 members (excludes halogenated alkanes) is 2. The lowest BCUT2D eigenvalue weighted by atomic mass is 10.2. The van der Waals surface area contributed by atoms with Crippen LogP contribution in [0.4, 0.5) is 5.88 Å². The van der Waals surface area contributed by atoms with Crippen LogP contribution in [-0.4, -0.2) is 11.5 Å². The molecule has 1 aromatic heterocycles. The van der Waals surface area contributed by atoms with Crippen LogP contribution in [0.3, 0.4) is 0 Å². The van der Waals surface area contributed by atoms with E-state index in [0.717, 1.165) is 19.4 Å². The van der Waals surface area contributed by atoms with Gasteiger partial charge in [-0.25, -0.2) is 0 Å². The second-order valence-corrected chi connectivity index (χ2v) is 3.29. The van der Waals surface area contributed by atoms with E-state index in [0.29, 0.717) is 18.7 Å². The van der Waals surface area contributed by atoms with Crippen LogP contribution in [0.25, 0.3) is 0 Å². The van der Waals surface area contributed by atoms with Crippen LogP contribution >= 0.6 is 0 Å². The minimum Gasteiger partial charge on any atom is -0.404 e. The molecular formula is C10H13N3O3. The molecule has 0 aliphatic heterocycles. The minimum absolute atomic E-state index is 0.235. The molecule has 1 N–H and O–H groups in total. The molecule has 1 aromatic rings. The van der Waals surface area contributed by atoms with Gasteiger partial charge in [0, 0.05) is 6.42 Å². The number of nitrogens with one attached hydrogen (secondary N) is 1. The van der Waals surface area contributed by atoms with Gasteiger partial charge in [0.2, 0.25) is 0 Å². The first-order valence-corrected chi connectivity index (χ1v) is 5.05. The third-order valence-corrected chi connectivity index (χ3v) is 2.02. The maximum Gasteiger partial charge on any atom is 0.433 e. The van der Waals surface area contributed by atoms with E-state index < -0.39 is 4.92 Å².